The third kappa shape index (κ3) is 5.30. The lowest BCUT2D eigenvalue weighted by Crippen LogP contribution is -2.19. The van der Waals surface area contributed by atoms with Crippen molar-refractivity contribution < 1.29 is 4.74 Å². The van der Waals surface area contributed by atoms with Gasteiger partial charge in [-0.3, -0.25) is 5.32 Å². The zero-order valence-electron chi connectivity index (χ0n) is 5.98. The SMILES string of the molecule is CCNCOC(=[N-])CC. The second-order valence-corrected chi connectivity index (χ2v) is 1.64. The zero-order chi connectivity index (χ0) is 7.11. The molecule has 0 aromatic heterocycles. The summed E-state index contributed by atoms with van der Waals surface area (Å²) in [6.45, 7) is 5.07. The molecule has 0 aliphatic heterocycles. The standard InChI is InChI=1S/C6H13N2O/c1-3-6(7)9-5-8-4-2/h8H,3-5H2,1-2H3/q-1. The highest BCUT2D eigenvalue weighted by Crippen LogP contribution is 1.82. The van der Waals surface area contributed by atoms with E-state index in [9.17, 15) is 0 Å². The molecule has 54 valence electrons. The Morgan fingerprint density at radius 1 is 1.56 bits per heavy atom. The number of nitrogens with zero attached hydrogens (tertiary/aromatic N) is 1. The lowest BCUT2D eigenvalue weighted by atomic mass is 10.5. The van der Waals surface area contributed by atoms with Crippen LogP contribution in [-0.4, -0.2) is 19.2 Å². The topological polar surface area (TPSA) is 43.6 Å². The molecule has 0 aromatic carbocycles. The second-order valence-electron chi connectivity index (χ2n) is 1.64. The smallest absolute Gasteiger partial charge is 0.136 e. The largest absolute Gasteiger partial charge is 0.775 e. The molecule has 0 spiro atoms. The van der Waals surface area contributed by atoms with E-state index in [1.165, 1.54) is 0 Å². The number of ether oxygens (including phenoxy) is 1. The molecule has 1 N–H and O–H groups in total. The Morgan fingerprint density at radius 2 is 2.22 bits per heavy atom. The summed E-state index contributed by atoms with van der Waals surface area (Å²) in [6, 6.07) is 0. The highest BCUT2D eigenvalue weighted by atomic mass is 16.5. The third-order valence-electron chi connectivity index (χ3n) is 0.893. The van der Waals surface area contributed by atoms with Crippen molar-refractivity contribution in [3.8, 4) is 0 Å². The van der Waals surface area contributed by atoms with Crippen LogP contribution in [0.2, 0.25) is 0 Å². The van der Waals surface area contributed by atoms with E-state index >= 15 is 0 Å². The Labute approximate surface area is 55.9 Å². The lowest BCUT2D eigenvalue weighted by molar-refractivity contribution is 0.272. The normalized spacial score (nSPS) is 9.11. The fourth-order valence-corrected chi connectivity index (χ4v) is 0.338. The van der Waals surface area contributed by atoms with Crippen molar-refractivity contribution in [1.29, 1.82) is 0 Å². The average molecular weight is 129 g/mol. The molecule has 0 saturated heterocycles. The van der Waals surface area contributed by atoms with Gasteiger partial charge in [0.1, 0.15) is 6.73 Å². The van der Waals surface area contributed by atoms with Crippen LogP contribution in [0.5, 0.6) is 0 Å². The zero-order valence-corrected chi connectivity index (χ0v) is 5.98. The van der Waals surface area contributed by atoms with Crippen LogP contribution in [0.4, 0.5) is 0 Å². The summed E-state index contributed by atoms with van der Waals surface area (Å²) in [5, 5.41) is 11.6. The Kier molecular flexibility index (Phi) is 5.21. The molecule has 0 saturated carbocycles. The quantitative estimate of drug-likeness (QED) is 0.266. The minimum absolute atomic E-state index is 0.0935. The van der Waals surface area contributed by atoms with Gasteiger partial charge in [0.25, 0.3) is 0 Å². The van der Waals surface area contributed by atoms with E-state index in [0.29, 0.717) is 13.2 Å². The van der Waals surface area contributed by atoms with Crippen molar-refractivity contribution in [3.63, 3.8) is 0 Å². The van der Waals surface area contributed by atoms with E-state index in [1.54, 1.807) is 0 Å². The molecule has 0 amide bonds. The van der Waals surface area contributed by atoms with Gasteiger partial charge in [0.05, 0.1) is 0 Å². The molecule has 9 heavy (non-hydrogen) atoms. The van der Waals surface area contributed by atoms with Gasteiger partial charge in [-0.25, -0.2) is 0 Å². The molecule has 3 heteroatoms. The first-order valence-electron chi connectivity index (χ1n) is 3.19. The molecule has 0 bridgehead atoms. The van der Waals surface area contributed by atoms with Crippen molar-refractivity contribution in [1.82, 2.24) is 5.32 Å². The minimum atomic E-state index is 0.0935. The summed E-state index contributed by atoms with van der Waals surface area (Å²) >= 11 is 0. The van der Waals surface area contributed by atoms with Crippen LogP contribution in [0.3, 0.4) is 0 Å². The molecule has 0 fully saturated rings. The second kappa shape index (κ2) is 5.56. The maximum Gasteiger partial charge on any atom is 0.136 e. The maximum absolute atomic E-state index is 8.74. The molecule has 0 aliphatic rings. The lowest BCUT2D eigenvalue weighted by Gasteiger charge is -2.12. The van der Waals surface area contributed by atoms with Crippen molar-refractivity contribution in [2.75, 3.05) is 13.3 Å². The third-order valence-corrected chi connectivity index (χ3v) is 0.893. The summed E-state index contributed by atoms with van der Waals surface area (Å²) in [5.41, 5.74) is 0. The number of hydrogen-bond donors (Lipinski definition) is 1. The van der Waals surface area contributed by atoms with Crippen molar-refractivity contribution in [2.24, 2.45) is 0 Å². The summed E-state index contributed by atoms with van der Waals surface area (Å²) in [7, 11) is 0. The molecule has 0 unspecified atom stereocenters. The van der Waals surface area contributed by atoms with Crippen LogP contribution >= 0.6 is 0 Å². The molecule has 3 nitrogen and oxygen atoms in total. The monoisotopic (exact) mass is 129 g/mol. The van der Waals surface area contributed by atoms with Gasteiger partial charge in [0, 0.05) is 0 Å². The molecular formula is C6H13N2O-. The Balaban J connectivity index is 2.97. The van der Waals surface area contributed by atoms with Gasteiger partial charge >= 0.3 is 0 Å². The first kappa shape index (κ1) is 8.43. The van der Waals surface area contributed by atoms with Gasteiger partial charge in [0.15, 0.2) is 0 Å². The molecule has 0 heterocycles. The van der Waals surface area contributed by atoms with Crippen LogP contribution in [-0.2, 0) is 4.74 Å². The number of nitrogens with one attached hydrogen (secondary N) is 1. The number of rotatable bonds is 4. The Morgan fingerprint density at radius 3 is 2.67 bits per heavy atom. The van der Waals surface area contributed by atoms with Gasteiger partial charge < -0.3 is 10.1 Å². The van der Waals surface area contributed by atoms with E-state index in [0.717, 1.165) is 6.54 Å². The minimum Gasteiger partial charge on any atom is -0.775 e. The maximum atomic E-state index is 8.74. The highest BCUT2D eigenvalue weighted by Gasteiger charge is 1.80. The van der Waals surface area contributed by atoms with Crippen molar-refractivity contribution >= 4 is 5.90 Å². The van der Waals surface area contributed by atoms with Crippen LogP contribution in [0, 0.1) is 0 Å². The predicted molar refractivity (Wildman–Crippen MR) is 38.3 cm³/mol. The average Bonchev–Trinajstić information content (AvgIpc) is 1.89. The van der Waals surface area contributed by atoms with Crippen molar-refractivity contribution in [3.05, 3.63) is 5.41 Å². The molecule has 0 aliphatic carbocycles. The van der Waals surface area contributed by atoms with E-state index < -0.39 is 0 Å². The van der Waals surface area contributed by atoms with Crippen LogP contribution in [0.1, 0.15) is 20.3 Å². The fraction of sp³-hybridized carbons (Fsp3) is 0.833. The van der Waals surface area contributed by atoms with E-state index in [-0.39, 0.29) is 5.90 Å². The first-order valence-corrected chi connectivity index (χ1v) is 3.19. The molecule has 0 radical (unpaired) electrons. The summed E-state index contributed by atoms with van der Waals surface area (Å²) in [5.74, 6) is 0.0935. The van der Waals surface area contributed by atoms with E-state index in [4.69, 9.17) is 10.1 Å². The predicted octanol–water partition coefficient (Wildman–Crippen LogP) is 0.948. The van der Waals surface area contributed by atoms with E-state index in [2.05, 4.69) is 5.32 Å². The Hall–Kier alpha value is -0.570. The van der Waals surface area contributed by atoms with Crippen LogP contribution in [0.15, 0.2) is 0 Å². The van der Waals surface area contributed by atoms with Crippen LogP contribution in [0.25, 0.3) is 5.41 Å². The first-order chi connectivity index (χ1) is 4.31. The van der Waals surface area contributed by atoms with Gasteiger partial charge in [-0.2, -0.15) is 0 Å². The molecule has 0 atom stereocenters. The molecule has 0 rings (SSSR count). The summed E-state index contributed by atoms with van der Waals surface area (Å²) in [4.78, 5) is 0. The Bertz CT molecular complexity index is 83.1. The van der Waals surface area contributed by atoms with Gasteiger partial charge in [0.2, 0.25) is 0 Å². The highest BCUT2D eigenvalue weighted by molar-refractivity contribution is 5.78. The van der Waals surface area contributed by atoms with Gasteiger partial charge in [-0.1, -0.05) is 13.8 Å². The fourth-order valence-electron chi connectivity index (χ4n) is 0.338. The summed E-state index contributed by atoms with van der Waals surface area (Å²) < 4.78 is 4.79. The summed E-state index contributed by atoms with van der Waals surface area (Å²) in [6.07, 6.45) is 0.561. The molecular weight excluding hydrogens is 116 g/mol. The van der Waals surface area contributed by atoms with Crippen LogP contribution < -0.4 is 5.32 Å². The molecule has 0 aromatic rings. The number of hydrogen-bond acceptors (Lipinski definition) is 2. The van der Waals surface area contributed by atoms with Crippen molar-refractivity contribution in [2.45, 2.75) is 20.3 Å². The van der Waals surface area contributed by atoms with E-state index in [1.807, 2.05) is 13.8 Å². The van der Waals surface area contributed by atoms with Gasteiger partial charge in [-0.05, 0) is 18.9 Å². The van der Waals surface area contributed by atoms with Gasteiger partial charge in [-0.15, -0.1) is 0 Å².